The third kappa shape index (κ3) is 3.84. The maximum atomic E-state index is 5.78. The fourth-order valence-electron chi connectivity index (χ4n) is 1.74. The Balaban J connectivity index is 2.08. The van der Waals surface area contributed by atoms with Gasteiger partial charge in [-0.1, -0.05) is 12.1 Å². The van der Waals surface area contributed by atoms with Crippen molar-refractivity contribution in [3.05, 3.63) is 48.3 Å². The van der Waals surface area contributed by atoms with E-state index >= 15 is 0 Å². The minimum atomic E-state index is 0.291. The molecule has 1 heterocycles. The van der Waals surface area contributed by atoms with E-state index in [2.05, 4.69) is 21.5 Å². The Labute approximate surface area is 113 Å². The number of aliphatic imine (C=N–C) groups is 1. The summed E-state index contributed by atoms with van der Waals surface area (Å²) in [6, 6.07) is 10.3. The summed E-state index contributed by atoms with van der Waals surface area (Å²) in [5.41, 5.74) is 7.90. The summed E-state index contributed by atoms with van der Waals surface area (Å²) in [4.78, 5) is 4.31. The van der Waals surface area contributed by atoms with E-state index in [4.69, 9.17) is 5.73 Å². The number of hydrogen-bond donors (Lipinski definition) is 2. The molecule has 19 heavy (non-hydrogen) atoms. The van der Waals surface area contributed by atoms with Crippen LogP contribution in [0.1, 0.15) is 19.4 Å². The monoisotopic (exact) mass is 257 g/mol. The minimum Gasteiger partial charge on any atom is -0.370 e. The highest BCUT2D eigenvalue weighted by Gasteiger charge is 1.99. The highest BCUT2D eigenvalue weighted by Crippen LogP contribution is 2.10. The van der Waals surface area contributed by atoms with Gasteiger partial charge in [-0.3, -0.25) is 0 Å². The fourth-order valence-corrected chi connectivity index (χ4v) is 1.74. The molecule has 0 amide bonds. The maximum Gasteiger partial charge on any atom is 0.189 e. The minimum absolute atomic E-state index is 0.291. The molecule has 0 saturated carbocycles. The Morgan fingerprint density at radius 3 is 2.95 bits per heavy atom. The Morgan fingerprint density at radius 2 is 2.26 bits per heavy atom. The smallest absolute Gasteiger partial charge is 0.189 e. The molecule has 0 aliphatic rings. The third-order valence-electron chi connectivity index (χ3n) is 2.55. The SMILES string of the molecule is CC(C)NC(N)=NCc1cccc(-n2cccn2)c1. The number of benzene rings is 1. The van der Waals surface area contributed by atoms with Gasteiger partial charge in [-0.25, -0.2) is 9.67 Å². The molecule has 1 aromatic carbocycles. The van der Waals surface area contributed by atoms with E-state index < -0.39 is 0 Å². The van der Waals surface area contributed by atoms with Crippen LogP contribution in [0.2, 0.25) is 0 Å². The van der Waals surface area contributed by atoms with Crippen LogP contribution in [-0.2, 0) is 6.54 Å². The van der Waals surface area contributed by atoms with Gasteiger partial charge in [0.05, 0.1) is 12.2 Å². The molecule has 3 N–H and O–H groups in total. The molecule has 0 aliphatic heterocycles. The van der Waals surface area contributed by atoms with Crippen molar-refractivity contribution in [1.82, 2.24) is 15.1 Å². The van der Waals surface area contributed by atoms with E-state index in [1.54, 1.807) is 6.20 Å². The van der Waals surface area contributed by atoms with Gasteiger partial charge in [-0.05, 0) is 37.6 Å². The van der Waals surface area contributed by atoms with Crippen LogP contribution in [0.3, 0.4) is 0 Å². The molecule has 0 spiro atoms. The van der Waals surface area contributed by atoms with Gasteiger partial charge in [0.15, 0.2) is 5.96 Å². The van der Waals surface area contributed by atoms with Gasteiger partial charge in [-0.2, -0.15) is 5.10 Å². The summed E-state index contributed by atoms with van der Waals surface area (Å²) in [5.74, 6) is 0.472. The lowest BCUT2D eigenvalue weighted by Crippen LogP contribution is -2.36. The van der Waals surface area contributed by atoms with Crippen LogP contribution >= 0.6 is 0 Å². The number of nitrogens with zero attached hydrogens (tertiary/aromatic N) is 3. The highest BCUT2D eigenvalue weighted by molar-refractivity contribution is 5.78. The molecule has 5 heteroatoms. The fraction of sp³-hybridized carbons (Fsp3) is 0.286. The van der Waals surface area contributed by atoms with Crippen LogP contribution in [0.4, 0.5) is 0 Å². The molecule has 0 fully saturated rings. The van der Waals surface area contributed by atoms with E-state index in [0.29, 0.717) is 18.5 Å². The number of guanidine groups is 1. The molecular formula is C14H19N5. The quantitative estimate of drug-likeness (QED) is 0.647. The zero-order chi connectivity index (χ0) is 13.7. The summed E-state index contributed by atoms with van der Waals surface area (Å²) in [6.45, 7) is 4.61. The van der Waals surface area contributed by atoms with Crippen LogP contribution in [0.5, 0.6) is 0 Å². The summed E-state index contributed by atoms with van der Waals surface area (Å²) >= 11 is 0. The Hall–Kier alpha value is -2.30. The van der Waals surface area contributed by atoms with Crippen molar-refractivity contribution in [2.75, 3.05) is 0 Å². The van der Waals surface area contributed by atoms with E-state index in [-0.39, 0.29) is 0 Å². The highest BCUT2D eigenvalue weighted by atomic mass is 15.3. The molecular weight excluding hydrogens is 238 g/mol. The topological polar surface area (TPSA) is 68.2 Å². The lowest BCUT2D eigenvalue weighted by molar-refractivity contribution is 0.723. The molecule has 2 aromatic rings. The standard InChI is InChI=1S/C14H19N5/c1-11(2)18-14(15)16-10-12-5-3-6-13(9-12)19-8-4-7-17-19/h3-9,11H,10H2,1-2H3,(H3,15,16,18). The molecule has 2 rings (SSSR count). The van der Waals surface area contributed by atoms with Crippen molar-refractivity contribution in [2.24, 2.45) is 10.7 Å². The van der Waals surface area contributed by atoms with E-state index in [9.17, 15) is 0 Å². The van der Waals surface area contributed by atoms with Crippen molar-refractivity contribution < 1.29 is 0 Å². The second-order valence-corrected chi connectivity index (χ2v) is 4.62. The lowest BCUT2D eigenvalue weighted by Gasteiger charge is -2.08. The van der Waals surface area contributed by atoms with Crippen LogP contribution in [0.15, 0.2) is 47.7 Å². The number of nitrogens with one attached hydrogen (secondary N) is 1. The van der Waals surface area contributed by atoms with Crippen LogP contribution in [0, 0.1) is 0 Å². The molecule has 5 nitrogen and oxygen atoms in total. The van der Waals surface area contributed by atoms with Crippen molar-refractivity contribution >= 4 is 5.96 Å². The molecule has 1 aromatic heterocycles. The first-order valence-corrected chi connectivity index (χ1v) is 6.30. The number of aromatic nitrogens is 2. The van der Waals surface area contributed by atoms with Gasteiger partial charge in [0.2, 0.25) is 0 Å². The maximum absolute atomic E-state index is 5.78. The summed E-state index contributed by atoms with van der Waals surface area (Å²) in [7, 11) is 0. The largest absolute Gasteiger partial charge is 0.370 e. The van der Waals surface area contributed by atoms with Gasteiger partial charge >= 0.3 is 0 Å². The first kappa shape index (κ1) is 13.1. The van der Waals surface area contributed by atoms with Gasteiger partial charge < -0.3 is 11.1 Å². The molecule has 0 aliphatic carbocycles. The molecule has 0 saturated heterocycles. The Morgan fingerprint density at radius 1 is 1.42 bits per heavy atom. The normalized spacial score (nSPS) is 11.8. The summed E-state index contributed by atoms with van der Waals surface area (Å²) in [6.07, 6.45) is 3.67. The summed E-state index contributed by atoms with van der Waals surface area (Å²) in [5, 5.41) is 7.27. The van der Waals surface area contributed by atoms with E-state index in [1.165, 1.54) is 0 Å². The van der Waals surface area contributed by atoms with E-state index in [1.807, 2.05) is 49.0 Å². The van der Waals surface area contributed by atoms with Crippen LogP contribution < -0.4 is 11.1 Å². The average molecular weight is 257 g/mol. The predicted molar refractivity (Wildman–Crippen MR) is 77.2 cm³/mol. The molecule has 0 bridgehead atoms. The van der Waals surface area contributed by atoms with Gasteiger partial charge in [-0.15, -0.1) is 0 Å². The molecule has 0 radical (unpaired) electrons. The predicted octanol–water partition coefficient (Wildman–Crippen LogP) is 1.68. The molecule has 0 atom stereocenters. The van der Waals surface area contributed by atoms with Gasteiger partial charge in [0.25, 0.3) is 0 Å². The zero-order valence-electron chi connectivity index (χ0n) is 11.2. The first-order chi connectivity index (χ1) is 9.15. The Bertz CT molecular complexity index is 543. The third-order valence-corrected chi connectivity index (χ3v) is 2.55. The van der Waals surface area contributed by atoms with Crippen molar-refractivity contribution in [3.8, 4) is 5.69 Å². The number of rotatable bonds is 4. The molecule has 100 valence electrons. The lowest BCUT2D eigenvalue weighted by atomic mass is 10.2. The first-order valence-electron chi connectivity index (χ1n) is 6.30. The van der Waals surface area contributed by atoms with E-state index in [0.717, 1.165) is 11.3 Å². The Kier molecular flexibility index (Phi) is 4.18. The second-order valence-electron chi connectivity index (χ2n) is 4.62. The second kappa shape index (κ2) is 6.04. The number of nitrogens with two attached hydrogens (primary N) is 1. The van der Waals surface area contributed by atoms with Crippen molar-refractivity contribution in [3.63, 3.8) is 0 Å². The average Bonchev–Trinajstić information content (AvgIpc) is 2.90. The van der Waals surface area contributed by atoms with Crippen molar-refractivity contribution in [2.45, 2.75) is 26.4 Å². The van der Waals surface area contributed by atoms with Gasteiger partial charge in [0.1, 0.15) is 0 Å². The zero-order valence-corrected chi connectivity index (χ0v) is 11.2. The van der Waals surface area contributed by atoms with Crippen LogP contribution in [-0.4, -0.2) is 21.8 Å². The van der Waals surface area contributed by atoms with Gasteiger partial charge in [0, 0.05) is 18.4 Å². The summed E-state index contributed by atoms with van der Waals surface area (Å²) < 4.78 is 1.82. The number of hydrogen-bond acceptors (Lipinski definition) is 2. The molecule has 0 unspecified atom stereocenters. The van der Waals surface area contributed by atoms with Crippen LogP contribution in [0.25, 0.3) is 5.69 Å². The van der Waals surface area contributed by atoms with Crippen molar-refractivity contribution in [1.29, 1.82) is 0 Å².